The summed E-state index contributed by atoms with van der Waals surface area (Å²) in [5.74, 6) is 1.52. The average molecular weight is 430 g/mol. The molecule has 2 heterocycles. The number of benzene rings is 1. The number of halogens is 2. The Kier molecular flexibility index (Phi) is 5.72. The fourth-order valence-electron chi connectivity index (χ4n) is 4.92. The lowest BCUT2D eigenvalue weighted by Gasteiger charge is -2.40. The van der Waals surface area contributed by atoms with Crippen molar-refractivity contribution >= 4 is 35.2 Å². The summed E-state index contributed by atoms with van der Waals surface area (Å²) in [4.78, 5) is 16.8. The largest absolute Gasteiger partial charge is 0.462 e. The van der Waals surface area contributed by atoms with Crippen molar-refractivity contribution in [2.24, 2.45) is 29.6 Å². The van der Waals surface area contributed by atoms with Crippen molar-refractivity contribution in [2.75, 3.05) is 0 Å². The van der Waals surface area contributed by atoms with Crippen molar-refractivity contribution in [2.45, 2.75) is 33.3 Å². The molecule has 5 heteroatoms. The van der Waals surface area contributed by atoms with Gasteiger partial charge in [0.05, 0.1) is 21.7 Å². The molecule has 0 spiro atoms. The maximum atomic E-state index is 12.2. The van der Waals surface area contributed by atoms with Crippen molar-refractivity contribution in [1.82, 2.24) is 4.98 Å². The standard InChI is InChI=1S/C24H25Cl2NO2/c1-13-11-20-22(15(3)29-24(20)28)18(14(13)2)10-9-17-8-7-16(12-27-17)19-5-4-6-21(25)23(19)26/h4-10,12-15,18,20,22H,11H2,1-3H3/b10-9+/t13-,14+,15+,18-,20+,22-/m0/s1. The van der Waals surface area contributed by atoms with Gasteiger partial charge < -0.3 is 4.74 Å². The number of hydrogen-bond donors (Lipinski definition) is 0. The van der Waals surface area contributed by atoms with E-state index in [1.54, 1.807) is 6.07 Å². The predicted molar refractivity (Wildman–Crippen MR) is 118 cm³/mol. The highest BCUT2D eigenvalue weighted by Crippen LogP contribution is 2.49. The Bertz CT molecular complexity index is 940. The van der Waals surface area contributed by atoms with Crippen LogP contribution >= 0.6 is 23.2 Å². The lowest BCUT2D eigenvalue weighted by molar-refractivity contribution is -0.144. The van der Waals surface area contributed by atoms with Crippen molar-refractivity contribution in [1.29, 1.82) is 0 Å². The second-order valence-corrected chi connectivity index (χ2v) is 9.19. The fourth-order valence-corrected chi connectivity index (χ4v) is 5.33. The van der Waals surface area contributed by atoms with E-state index >= 15 is 0 Å². The van der Waals surface area contributed by atoms with E-state index in [9.17, 15) is 4.79 Å². The number of rotatable bonds is 3. The second-order valence-electron chi connectivity index (χ2n) is 8.41. The summed E-state index contributed by atoms with van der Waals surface area (Å²) in [6.45, 7) is 6.54. The first-order valence-electron chi connectivity index (χ1n) is 10.2. The summed E-state index contributed by atoms with van der Waals surface area (Å²) in [5, 5.41) is 1.07. The Balaban J connectivity index is 1.56. The van der Waals surface area contributed by atoms with Gasteiger partial charge in [-0.3, -0.25) is 9.78 Å². The number of hydrogen-bond acceptors (Lipinski definition) is 3. The van der Waals surface area contributed by atoms with Crippen LogP contribution in [0.25, 0.3) is 17.2 Å². The van der Waals surface area contributed by atoms with Crippen LogP contribution < -0.4 is 0 Å². The van der Waals surface area contributed by atoms with Crippen LogP contribution in [0.15, 0.2) is 42.6 Å². The molecule has 4 rings (SSSR count). The number of pyridine rings is 1. The molecule has 1 aliphatic heterocycles. The Morgan fingerprint density at radius 3 is 2.66 bits per heavy atom. The number of allylic oxidation sites excluding steroid dienone is 1. The topological polar surface area (TPSA) is 39.2 Å². The van der Waals surface area contributed by atoms with E-state index in [1.165, 1.54) is 0 Å². The number of cyclic esters (lactones) is 1. The van der Waals surface area contributed by atoms with Crippen LogP contribution in [0.2, 0.25) is 10.0 Å². The first kappa shape index (κ1) is 20.4. The molecular formula is C24H25Cl2NO2. The SMILES string of the molecule is C[C@H]1[C@H](/C=C/c2ccc(-c3cccc(Cl)c3Cl)cn2)[C@@H]2[C@@H](C)OC(=O)[C@@H]2C[C@@H]1C. The third-order valence-corrected chi connectivity index (χ3v) is 7.54. The summed E-state index contributed by atoms with van der Waals surface area (Å²) >= 11 is 12.4. The summed E-state index contributed by atoms with van der Waals surface area (Å²) < 4.78 is 5.56. The normalized spacial score (nSPS) is 31.7. The molecule has 2 fully saturated rings. The van der Waals surface area contributed by atoms with Crippen LogP contribution in [-0.4, -0.2) is 17.1 Å². The Hall–Kier alpha value is -1.84. The van der Waals surface area contributed by atoms with Gasteiger partial charge in [-0.2, -0.15) is 0 Å². The molecule has 1 aromatic carbocycles. The summed E-state index contributed by atoms with van der Waals surface area (Å²) in [6.07, 6.45) is 7.00. The van der Waals surface area contributed by atoms with E-state index in [4.69, 9.17) is 27.9 Å². The Labute approximate surface area is 182 Å². The molecule has 2 aliphatic rings. The van der Waals surface area contributed by atoms with Crippen LogP contribution in [0.5, 0.6) is 0 Å². The molecule has 1 saturated heterocycles. The smallest absolute Gasteiger partial charge is 0.309 e. The molecule has 152 valence electrons. The van der Waals surface area contributed by atoms with Gasteiger partial charge in [-0.15, -0.1) is 0 Å². The zero-order valence-corrected chi connectivity index (χ0v) is 18.3. The Morgan fingerprint density at radius 2 is 1.93 bits per heavy atom. The molecule has 0 bridgehead atoms. The molecule has 2 aromatic rings. The minimum absolute atomic E-state index is 0.0196. The third-order valence-electron chi connectivity index (χ3n) is 6.72. The van der Waals surface area contributed by atoms with Crippen LogP contribution in [0, 0.1) is 29.6 Å². The van der Waals surface area contributed by atoms with Gasteiger partial charge in [0.15, 0.2) is 0 Å². The average Bonchev–Trinajstić information content (AvgIpc) is 2.98. The summed E-state index contributed by atoms with van der Waals surface area (Å²) in [7, 11) is 0. The van der Waals surface area contributed by atoms with Crippen LogP contribution in [-0.2, 0) is 9.53 Å². The number of ether oxygens (including phenoxy) is 1. The molecular weight excluding hydrogens is 405 g/mol. The minimum atomic E-state index is -0.0302. The fraction of sp³-hybridized carbons (Fsp3) is 0.417. The van der Waals surface area contributed by atoms with E-state index in [2.05, 4.69) is 31.0 Å². The van der Waals surface area contributed by atoms with Gasteiger partial charge in [0, 0.05) is 23.2 Å². The molecule has 0 N–H and O–H groups in total. The van der Waals surface area contributed by atoms with Crippen molar-refractivity contribution in [3.05, 3.63) is 58.3 Å². The molecule has 1 saturated carbocycles. The van der Waals surface area contributed by atoms with Crippen LogP contribution in [0.3, 0.4) is 0 Å². The number of carbonyl (C=O) groups excluding carboxylic acids is 1. The minimum Gasteiger partial charge on any atom is -0.462 e. The predicted octanol–water partition coefficient (Wildman–Crippen LogP) is 6.54. The highest BCUT2D eigenvalue weighted by Gasteiger charge is 2.51. The molecule has 3 nitrogen and oxygen atoms in total. The number of nitrogens with zero attached hydrogens (tertiary/aromatic N) is 1. The van der Waals surface area contributed by atoms with Gasteiger partial charge in [0.1, 0.15) is 6.10 Å². The zero-order chi connectivity index (χ0) is 20.7. The van der Waals surface area contributed by atoms with Gasteiger partial charge >= 0.3 is 5.97 Å². The lowest BCUT2D eigenvalue weighted by Crippen LogP contribution is -2.39. The van der Waals surface area contributed by atoms with Crippen molar-refractivity contribution in [3.63, 3.8) is 0 Å². The highest BCUT2D eigenvalue weighted by molar-refractivity contribution is 6.43. The monoisotopic (exact) mass is 429 g/mol. The van der Waals surface area contributed by atoms with Gasteiger partial charge in [0.2, 0.25) is 0 Å². The second kappa shape index (κ2) is 8.12. The number of fused-ring (bicyclic) bond motifs is 1. The van der Waals surface area contributed by atoms with Gasteiger partial charge in [-0.05, 0) is 49.3 Å². The first-order valence-corrected chi connectivity index (χ1v) is 10.9. The molecule has 1 aromatic heterocycles. The third kappa shape index (κ3) is 3.83. The quantitative estimate of drug-likeness (QED) is 0.519. The van der Waals surface area contributed by atoms with E-state index in [0.29, 0.717) is 27.8 Å². The molecule has 0 amide bonds. The lowest BCUT2D eigenvalue weighted by atomic mass is 9.62. The number of carbonyl (C=O) groups is 1. The van der Waals surface area contributed by atoms with E-state index in [-0.39, 0.29) is 23.9 Å². The maximum absolute atomic E-state index is 12.2. The maximum Gasteiger partial charge on any atom is 0.309 e. The van der Waals surface area contributed by atoms with Crippen LogP contribution in [0.4, 0.5) is 0 Å². The molecule has 0 unspecified atom stereocenters. The molecule has 29 heavy (non-hydrogen) atoms. The highest BCUT2D eigenvalue weighted by atomic mass is 35.5. The van der Waals surface area contributed by atoms with E-state index < -0.39 is 0 Å². The molecule has 0 radical (unpaired) electrons. The zero-order valence-electron chi connectivity index (χ0n) is 16.8. The van der Waals surface area contributed by atoms with Crippen molar-refractivity contribution in [3.8, 4) is 11.1 Å². The first-order chi connectivity index (χ1) is 13.9. The summed E-state index contributed by atoms with van der Waals surface area (Å²) in [6, 6.07) is 9.58. The Morgan fingerprint density at radius 1 is 1.14 bits per heavy atom. The molecule has 1 aliphatic carbocycles. The summed E-state index contributed by atoms with van der Waals surface area (Å²) in [5.41, 5.74) is 2.68. The van der Waals surface area contributed by atoms with Crippen LogP contribution in [0.1, 0.15) is 32.9 Å². The van der Waals surface area contributed by atoms with Crippen molar-refractivity contribution < 1.29 is 9.53 Å². The van der Waals surface area contributed by atoms with E-state index in [0.717, 1.165) is 23.2 Å². The number of aromatic nitrogens is 1. The molecule has 6 atom stereocenters. The number of esters is 1. The van der Waals surface area contributed by atoms with E-state index in [1.807, 2.05) is 37.4 Å². The van der Waals surface area contributed by atoms with Gasteiger partial charge in [0.25, 0.3) is 0 Å². The van der Waals surface area contributed by atoms with Gasteiger partial charge in [-0.1, -0.05) is 61.3 Å². The van der Waals surface area contributed by atoms with Gasteiger partial charge in [-0.25, -0.2) is 0 Å².